The molecule has 0 heterocycles. The van der Waals surface area contributed by atoms with E-state index >= 15 is 0 Å². The zero-order valence-corrected chi connectivity index (χ0v) is 9.88. The molecule has 0 aromatic heterocycles. The fourth-order valence-electron chi connectivity index (χ4n) is 2.27. The van der Waals surface area contributed by atoms with Crippen molar-refractivity contribution in [2.45, 2.75) is 60.0 Å². The van der Waals surface area contributed by atoms with Gasteiger partial charge in [0.15, 0.2) is 0 Å². The number of aliphatic hydroxyl groups excluding tert-OH is 1. The molecule has 13 heavy (non-hydrogen) atoms. The average molecular weight is 186 g/mol. The largest absolute Gasteiger partial charge is 0.393 e. The van der Waals surface area contributed by atoms with E-state index in [0.29, 0.717) is 5.92 Å². The summed E-state index contributed by atoms with van der Waals surface area (Å²) in [6, 6.07) is 0. The summed E-state index contributed by atoms with van der Waals surface area (Å²) in [5, 5.41) is 9.22. The van der Waals surface area contributed by atoms with Gasteiger partial charge in [-0.15, -0.1) is 0 Å². The maximum atomic E-state index is 9.22. The lowest BCUT2D eigenvalue weighted by Gasteiger charge is -2.19. The van der Waals surface area contributed by atoms with Crippen molar-refractivity contribution in [3.05, 3.63) is 0 Å². The third kappa shape index (κ3) is 8.29. The van der Waals surface area contributed by atoms with Crippen molar-refractivity contribution < 1.29 is 5.11 Å². The molecule has 1 nitrogen and oxygen atoms in total. The van der Waals surface area contributed by atoms with Crippen molar-refractivity contribution in [3.8, 4) is 0 Å². The van der Waals surface area contributed by atoms with Gasteiger partial charge in [0.2, 0.25) is 0 Å². The summed E-state index contributed by atoms with van der Waals surface area (Å²) >= 11 is 0. The number of aliphatic hydroxyl groups is 1. The highest BCUT2D eigenvalue weighted by Gasteiger charge is 2.11. The highest BCUT2D eigenvalue weighted by molar-refractivity contribution is 4.63. The van der Waals surface area contributed by atoms with E-state index in [4.69, 9.17) is 0 Å². The first kappa shape index (κ1) is 13.0. The second kappa shape index (κ2) is 6.42. The molecule has 0 aromatic carbocycles. The molecule has 3 unspecified atom stereocenters. The Bertz CT molecular complexity index is 104. The van der Waals surface area contributed by atoms with Crippen molar-refractivity contribution >= 4 is 0 Å². The van der Waals surface area contributed by atoms with Crippen LogP contribution in [0.25, 0.3) is 0 Å². The van der Waals surface area contributed by atoms with Crippen LogP contribution in [0.2, 0.25) is 0 Å². The molecule has 0 aromatic rings. The molecule has 3 atom stereocenters. The minimum atomic E-state index is -0.138. The van der Waals surface area contributed by atoms with E-state index in [2.05, 4.69) is 27.7 Å². The van der Waals surface area contributed by atoms with E-state index < -0.39 is 0 Å². The van der Waals surface area contributed by atoms with E-state index in [1.54, 1.807) is 0 Å². The Morgan fingerprint density at radius 3 is 1.62 bits per heavy atom. The first-order chi connectivity index (χ1) is 5.91. The summed E-state index contributed by atoms with van der Waals surface area (Å²) in [4.78, 5) is 0. The lowest BCUT2D eigenvalue weighted by atomic mass is 9.88. The minimum Gasteiger partial charge on any atom is -0.393 e. The second-order valence-electron chi connectivity index (χ2n) is 5.16. The van der Waals surface area contributed by atoms with Gasteiger partial charge >= 0.3 is 0 Å². The predicted octanol–water partition coefficient (Wildman–Crippen LogP) is 3.47. The summed E-state index contributed by atoms with van der Waals surface area (Å²) in [6.07, 6.45) is 3.37. The van der Waals surface area contributed by atoms with Gasteiger partial charge in [0.1, 0.15) is 0 Å². The van der Waals surface area contributed by atoms with Crippen LogP contribution in [0.3, 0.4) is 0 Å². The van der Waals surface area contributed by atoms with Gasteiger partial charge in [-0.2, -0.15) is 0 Å². The molecular weight excluding hydrogens is 160 g/mol. The van der Waals surface area contributed by atoms with Crippen LogP contribution >= 0.6 is 0 Å². The molecule has 0 amide bonds. The molecule has 1 heteroatoms. The normalized spacial score (nSPS) is 18.7. The van der Waals surface area contributed by atoms with Crippen molar-refractivity contribution in [1.29, 1.82) is 0 Å². The minimum absolute atomic E-state index is 0.138. The van der Waals surface area contributed by atoms with Gasteiger partial charge in [-0.1, -0.05) is 27.7 Å². The third-order valence-corrected chi connectivity index (χ3v) is 2.42. The zero-order chi connectivity index (χ0) is 10.4. The van der Waals surface area contributed by atoms with Crippen LogP contribution in [0.15, 0.2) is 0 Å². The standard InChI is InChI=1S/C12H26O/c1-9(2)6-10(3)7-11(4)8-12(5)13/h9-13H,6-8H2,1-5H3. The van der Waals surface area contributed by atoms with Gasteiger partial charge in [0, 0.05) is 0 Å². The van der Waals surface area contributed by atoms with E-state index in [9.17, 15) is 5.11 Å². The lowest BCUT2D eigenvalue weighted by Crippen LogP contribution is -2.11. The third-order valence-electron chi connectivity index (χ3n) is 2.42. The van der Waals surface area contributed by atoms with Crippen LogP contribution in [-0.2, 0) is 0 Å². The number of rotatable bonds is 6. The van der Waals surface area contributed by atoms with E-state index in [1.807, 2.05) is 6.92 Å². The predicted molar refractivity (Wildman–Crippen MR) is 58.7 cm³/mol. The maximum absolute atomic E-state index is 9.22. The Morgan fingerprint density at radius 1 is 0.769 bits per heavy atom. The Kier molecular flexibility index (Phi) is 6.40. The van der Waals surface area contributed by atoms with Crippen LogP contribution < -0.4 is 0 Å². The molecule has 1 N–H and O–H groups in total. The van der Waals surface area contributed by atoms with Crippen LogP contribution in [0.5, 0.6) is 0 Å². The highest BCUT2D eigenvalue weighted by Crippen LogP contribution is 2.22. The van der Waals surface area contributed by atoms with Gasteiger partial charge < -0.3 is 5.11 Å². The Labute approximate surface area is 83.5 Å². The molecule has 0 aliphatic carbocycles. The SMILES string of the molecule is CC(C)CC(C)CC(C)CC(C)O. The molecule has 0 aliphatic rings. The summed E-state index contributed by atoms with van der Waals surface area (Å²) in [7, 11) is 0. The average Bonchev–Trinajstić information content (AvgIpc) is 1.80. The molecule has 0 fully saturated rings. The first-order valence-corrected chi connectivity index (χ1v) is 5.59. The smallest absolute Gasteiger partial charge is 0.0514 e. The molecule has 0 radical (unpaired) electrons. The van der Waals surface area contributed by atoms with Gasteiger partial charge in [-0.3, -0.25) is 0 Å². The fourth-order valence-corrected chi connectivity index (χ4v) is 2.27. The quantitative estimate of drug-likeness (QED) is 0.673. The van der Waals surface area contributed by atoms with Gasteiger partial charge in [0.05, 0.1) is 6.10 Å². The lowest BCUT2D eigenvalue weighted by molar-refractivity contribution is 0.155. The van der Waals surface area contributed by atoms with Crippen LogP contribution in [0.4, 0.5) is 0 Å². The van der Waals surface area contributed by atoms with Gasteiger partial charge in [0.25, 0.3) is 0 Å². The number of hydrogen-bond acceptors (Lipinski definition) is 1. The van der Waals surface area contributed by atoms with E-state index in [1.165, 1.54) is 12.8 Å². The van der Waals surface area contributed by atoms with E-state index in [-0.39, 0.29) is 6.10 Å². The van der Waals surface area contributed by atoms with Crippen molar-refractivity contribution in [1.82, 2.24) is 0 Å². The van der Waals surface area contributed by atoms with Gasteiger partial charge in [-0.05, 0) is 43.9 Å². The molecular formula is C12H26O. The molecule has 0 rings (SSSR count). The van der Waals surface area contributed by atoms with Crippen LogP contribution in [0, 0.1) is 17.8 Å². The van der Waals surface area contributed by atoms with Crippen molar-refractivity contribution in [2.75, 3.05) is 0 Å². The Morgan fingerprint density at radius 2 is 1.23 bits per heavy atom. The Hall–Kier alpha value is -0.0400. The van der Waals surface area contributed by atoms with Crippen molar-refractivity contribution in [3.63, 3.8) is 0 Å². The molecule has 80 valence electrons. The Balaban J connectivity index is 3.58. The molecule has 0 saturated carbocycles. The van der Waals surface area contributed by atoms with Crippen LogP contribution in [0.1, 0.15) is 53.9 Å². The van der Waals surface area contributed by atoms with Gasteiger partial charge in [-0.25, -0.2) is 0 Å². The zero-order valence-electron chi connectivity index (χ0n) is 9.88. The topological polar surface area (TPSA) is 20.2 Å². The highest BCUT2D eigenvalue weighted by atomic mass is 16.3. The molecule has 0 bridgehead atoms. The summed E-state index contributed by atoms with van der Waals surface area (Å²) in [5.41, 5.74) is 0. The molecule has 0 aliphatic heterocycles. The number of hydrogen-bond donors (Lipinski definition) is 1. The summed E-state index contributed by atoms with van der Waals surface area (Å²) < 4.78 is 0. The maximum Gasteiger partial charge on any atom is 0.0514 e. The monoisotopic (exact) mass is 186 g/mol. The fraction of sp³-hybridized carbons (Fsp3) is 1.00. The molecule has 0 spiro atoms. The van der Waals surface area contributed by atoms with E-state index in [0.717, 1.165) is 18.3 Å². The second-order valence-corrected chi connectivity index (χ2v) is 5.16. The summed E-state index contributed by atoms with van der Waals surface area (Å²) in [6.45, 7) is 11.0. The first-order valence-electron chi connectivity index (χ1n) is 5.59. The van der Waals surface area contributed by atoms with Crippen molar-refractivity contribution in [2.24, 2.45) is 17.8 Å². The van der Waals surface area contributed by atoms with Crippen LogP contribution in [-0.4, -0.2) is 11.2 Å². The summed E-state index contributed by atoms with van der Waals surface area (Å²) in [5.74, 6) is 2.26. The molecule has 0 saturated heterocycles.